The summed E-state index contributed by atoms with van der Waals surface area (Å²) in [4.78, 5) is 19.9. The highest BCUT2D eigenvalue weighted by atomic mass is 35.5. The molecule has 1 aliphatic heterocycles. The van der Waals surface area contributed by atoms with E-state index in [1.807, 2.05) is 17.5 Å². The Morgan fingerprint density at radius 3 is 2.82 bits per heavy atom. The van der Waals surface area contributed by atoms with Crippen LogP contribution in [0, 0.1) is 5.92 Å². The number of halogens is 1. The second-order valence-electron chi connectivity index (χ2n) is 6.76. The second kappa shape index (κ2) is 8.38. The molecule has 1 fully saturated rings. The molecule has 0 aromatic carbocycles. The number of carbonyl (C=O) groups excluding carboxylic acids is 1. The van der Waals surface area contributed by atoms with Crippen molar-refractivity contribution in [2.24, 2.45) is 5.92 Å². The molecule has 28 heavy (non-hydrogen) atoms. The maximum atomic E-state index is 12.5. The lowest BCUT2D eigenvalue weighted by molar-refractivity contribution is -0.121. The van der Waals surface area contributed by atoms with Gasteiger partial charge in [0.1, 0.15) is 5.82 Å². The first-order valence-corrected chi connectivity index (χ1v) is 10.4. The third-order valence-corrected chi connectivity index (χ3v) is 6.04. The molecule has 7 nitrogen and oxygen atoms in total. The third-order valence-electron chi connectivity index (χ3n) is 4.96. The number of amides is 1. The number of nitrogens with one attached hydrogen (secondary N) is 1. The van der Waals surface area contributed by atoms with Crippen LogP contribution in [0.4, 0.5) is 5.82 Å². The van der Waals surface area contributed by atoms with Crippen molar-refractivity contribution in [3.8, 4) is 10.8 Å². The van der Waals surface area contributed by atoms with Gasteiger partial charge in [-0.05, 0) is 56.4 Å². The van der Waals surface area contributed by atoms with Crippen LogP contribution < -0.4 is 5.32 Å². The Balaban J connectivity index is 1.32. The molecule has 1 saturated heterocycles. The van der Waals surface area contributed by atoms with Crippen molar-refractivity contribution < 1.29 is 9.21 Å². The van der Waals surface area contributed by atoms with E-state index >= 15 is 0 Å². The smallest absolute Gasteiger partial charge is 0.257 e. The molecular weight excluding hydrogens is 398 g/mol. The number of likely N-dealkylation sites (tertiary alicyclic amines) is 1. The minimum Gasteiger partial charge on any atom is -0.418 e. The molecule has 0 aliphatic carbocycles. The zero-order valence-electron chi connectivity index (χ0n) is 15.3. The summed E-state index contributed by atoms with van der Waals surface area (Å²) in [5.41, 5.74) is 0. The summed E-state index contributed by atoms with van der Waals surface area (Å²) < 4.78 is 5.85. The minimum atomic E-state index is -0.0368. The lowest BCUT2D eigenvalue weighted by Gasteiger charge is -2.33. The van der Waals surface area contributed by atoms with Gasteiger partial charge in [0, 0.05) is 12.1 Å². The van der Waals surface area contributed by atoms with Gasteiger partial charge in [0.25, 0.3) is 5.89 Å². The maximum Gasteiger partial charge on any atom is 0.257 e. The van der Waals surface area contributed by atoms with E-state index in [4.69, 9.17) is 16.0 Å². The van der Waals surface area contributed by atoms with Gasteiger partial charge < -0.3 is 9.73 Å². The molecule has 0 radical (unpaired) electrons. The van der Waals surface area contributed by atoms with E-state index in [0.717, 1.165) is 30.8 Å². The van der Waals surface area contributed by atoms with Gasteiger partial charge >= 0.3 is 0 Å². The molecule has 0 bridgehead atoms. The Kier molecular flexibility index (Phi) is 5.70. The first-order chi connectivity index (χ1) is 13.6. The number of pyridine rings is 1. The molecule has 146 valence electrons. The molecule has 3 aromatic rings. The highest BCUT2D eigenvalue weighted by Crippen LogP contribution is 2.29. The molecule has 1 N–H and O–H groups in total. The predicted molar refractivity (Wildman–Crippen MR) is 108 cm³/mol. The van der Waals surface area contributed by atoms with Gasteiger partial charge in [0.05, 0.1) is 15.9 Å². The van der Waals surface area contributed by atoms with E-state index in [1.54, 1.807) is 23.5 Å². The average Bonchev–Trinajstić information content (AvgIpc) is 3.41. The van der Waals surface area contributed by atoms with Crippen molar-refractivity contribution in [2.75, 3.05) is 18.4 Å². The SMILES string of the molecule is CC(c1nnc(-c2cccs2)o1)N1CCC(C(=O)Nc2ccc(Cl)cn2)CC1. The number of rotatable bonds is 5. The number of anilines is 1. The third kappa shape index (κ3) is 4.24. The first kappa shape index (κ1) is 19.0. The highest BCUT2D eigenvalue weighted by Gasteiger charge is 2.30. The number of hydrogen-bond acceptors (Lipinski definition) is 7. The van der Waals surface area contributed by atoms with Gasteiger partial charge in [-0.1, -0.05) is 17.7 Å². The van der Waals surface area contributed by atoms with Gasteiger partial charge in [0.15, 0.2) is 0 Å². The molecule has 4 rings (SSSR count). The fourth-order valence-corrected chi connectivity index (χ4v) is 4.04. The molecular formula is C19H20ClN5O2S. The fraction of sp³-hybridized carbons (Fsp3) is 0.368. The molecule has 0 spiro atoms. The molecule has 9 heteroatoms. The second-order valence-corrected chi connectivity index (χ2v) is 8.14. The van der Waals surface area contributed by atoms with E-state index in [9.17, 15) is 4.79 Å². The van der Waals surface area contributed by atoms with E-state index in [1.165, 1.54) is 6.20 Å². The Morgan fingerprint density at radius 2 is 2.14 bits per heavy atom. The van der Waals surface area contributed by atoms with E-state index in [2.05, 4.69) is 32.3 Å². The molecule has 1 aliphatic rings. The van der Waals surface area contributed by atoms with Crippen molar-refractivity contribution in [3.05, 3.63) is 46.8 Å². The first-order valence-electron chi connectivity index (χ1n) is 9.14. The summed E-state index contributed by atoms with van der Waals surface area (Å²) in [6.45, 7) is 3.65. The molecule has 4 heterocycles. The summed E-state index contributed by atoms with van der Waals surface area (Å²) in [6.07, 6.45) is 3.07. The number of aromatic nitrogens is 3. The molecule has 1 amide bonds. The summed E-state index contributed by atoms with van der Waals surface area (Å²) in [7, 11) is 0. The monoisotopic (exact) mass is 417 g/mol. The number of piperidine rings is 1. The van der Waals surface area contributed by atoms with Crippen LogP contribution in [0.1, 0.15) is 31.7 Å². The molecule has 3 aromatic heterocycles. The van der Waals surface area contributed by atoms with E-state index < -0.39 is 0 Å². The standard InChI is InChI=1S/C19H20ClN5O2S/c1-12(18-23-24-19(27-18)15-3-2-10-28-15)25-8-6-13(7-9-25)17(26)22-16-5-4-14(20)11-21-16/h2-5,10-13H,6-9H2,1H3,(H,21,22,26). The summed E-state index contributed by atoms with van der Waals surface area (Å²) >= 11 is 7.40. The van der Waals surface area contributed by atoms with Crippen LogP contribution >= 0.6 is 22.9 Å². The summed E-state index contributed by atoms with van der Waals surface area (Å²) in [6, 6.07) is 7.36. The van der Waals surface area contributed by atoms with E-state index in [0.29, 0.717) is 22.6 Å². The number of carbonyl (C=O) groups is 1. The van der Waals surface area contributed by atoms with Gasteiger partial charge in [0.2, 0.25) is 11.8 Å². The predicted octanol–water partition coefficient (Wildman–Crippen LogP) is 4.26. The summed E-state index contributed by atoms with van der Waals surface area (Å²) in [5.74, 6) is 1.65. The van der Waals surface area contributed by atoms with Gasteiger partial charge in [-0.15, -0.1) is 21.5 Å². The lowest BCUT2D eigenvalue weighted by Crippen LogP contribution is -2.39. The topological polar surface area (TPSA) is 84.2 Å². The zero-order valence-corrected chi connectivity index (χ0v) is 16.9. The fourth-order valence-electron chi connectivity index (χ4n) is 3.29. The van der Waals surface area contributed by atoms with Crippen molar-refractivity contribution >= 4 is 34.7 Å². The minimum absolute atomic E-state index is 0.0000950. The summed E-state index contributed by atoms with van der Waals surface area (Å²) in [5, 5.41) is 13.8. The molecule has 1 unspecified atom stereocenters. The zero-order chi connectivity index (χ0) is 19.5. The van der Waals surface area contributed by atoms with Crippen LogP contribution in [-0.2, 0) is 4.79 Å². The van der Waals surface area contributed by atoms with Gasteiger partial charge in [-0.3, -0.25) is 9.69 Å². The van der Waals surface area contributed by atoms with Crippen molar-refractivity contribution in [1.29, 1.82) is 0 Å². The highest BCUT2D eigenvalue weighted by molar-refractivity contribution is 7.13. The number of nitrogens with zero attached hydrogens (tertiary/aromatic N) is 4. The van der Waals surface area contributed by atoms with Crippen LogP contribution in [-0.4, -0.2) is 39.1 Å². The largest absolute Gasteiger partial charge is 0.418 e. The van der Waals surface area contributed by atoms with Crippen LogP contribution in [0.25, 0.3) is 10.8 Å². The molecule has 1 atom stereocenters. The maximum absolute atomic E-state index is 12.5. The Labute approximate surface area is 171 Å². The van der Waals surface area contributed by atoms with Crippen molar-refractivity contribution in [2.45, 2.75) is 25.8 Å². The normalized spacial score (nSPS) is 16.8. The van der Waals surface area contributed by atoms with Crippen LogP contribution in [0.3, 0.4) is 0 Å². The number of hydrogen-bond donors (Lipinski definition) is 1. The van der Waals surface area contributed by atoms with Gasteiger partial charge in [-0.2, -0.15) is 0 Å². The van der Waals surface area contributed by atoms with Crippen molar-refractivity contribution in [1.82, 2.24) is 20.1 Å². The Bertz CT molecular complexity index is 920. The number of thiophene rings is 1. The van der Waals surface area contributed by atoms with Gasteiger partial charge in [-0.25, -0.2) is 4.98 Å². The molecule has 0 saturated carbocycles. The average molecular weight is 418 g/mol. The Morgan fingerprint density at radius 1 is 1.32 bits per heavy atom. The van der Waals surface area contributed by atoms with Crippen LogP contribution in [0.2, 0.25) is 5.02 Å². The van der Waals surface area contributed by atoms with Crippen LogP contribution in [0.15, 0.2) is 40.3 Å². The van der Waals surface area contributed by atoms with Crippen LogP contribution in [0.5, 0.6) is 0 Å². The van der Waals surface area contributed by atoms with E-state index in [-0.39, 0.29) is 17.9 Å². The van der Waals surface area contributed by atoms with Crippen molar-refractivity contribution in [3.63, 3.8) is 0 Å². The lowest BCUT2D eigenvalue weighted by atomic mass is 9.95. The quantitative estimate of drug-likeness (QED) is 0.667. The Hall–Kier alpha value is -2.29.